The highest BCUT2D eigenvalue weighted by Crippen LogP contribution is 2.33. The van der Waals surface area contributed by atoms with Crippen molar-refractivity contribution in [3.8, 4) is 21.8 Å². The number of hydrogen-bond donors (Lipinski definition) is 1. The number of carbonyl (C=O) groups is 1. The number of aromatic nitrogens is 1. The number of halogens is 1. The van der Waals surface area contributed by atoms with Crippen LogP contribution in [-0.4, -0.2) is 10.9 Å². The Balaban J connectivity index is 2.02. The largest absolute Gasteiger partial charge is 0.326 e. The molecule has 0 radical (unpaired) electrons. The molecule has 3 nitrogen and oxygen atoms in total. The molecule has 1 amide bonds. The summed E-state index contributed by atoms with van der Waals surface area (Å²) >= 11 is 1.38. The van der Waals surface area contributed by atoms with Crippen LogP contribution in [0.3, 0.4) is 0 Å². The molecule has 0 atom stereocenters. The summed E-state index contributed by atoms with van der Waals surface area (Å²) < 4.78 is 13.8. The van der Waals surface area contributed by atoms with Crippen LogP contribution in [0, 0.1) is 5.82 Å². The Morgan fingerprint density at radius 3 is 2.50 bits per heavy atom. The van der Waals surface area contributed by atoms with E-state index in [2.05, 4.69) is 10.3 Å². The van der Waals surface area contributed by atoms with Crippen LogP contribution < -0.4 is 5.32 Å². The molecule has 0 saturated heterocycles. The van der Waals surface area contributed by atoms with E-state index in [4.69, 9.17) is 0 Å². The molecule has 3 rings (SSSR count). The molecule has 110 valence electrons. The summed E-state index contributed by atoms with van der Waals surface area (Å²) in [7, 11) is 0. The third-order valence-corrected chi connectivity index (χ3v) is 4.00. The summed E-state index contributed by atoms with van der Waals surface area (Å²) in [6.07, 6.45) is 0. The van der Waals surface area contributed by atoms with Crippen LogP contribution in [0.5, 0.6) is 0 Å². The average molecular weight is 312 g/mol. The third-order valence-electron chi connectivity index (χ3n) is 3.12. The topological polar surface area (TPSA) is 42.0 Å². The normalized spacial score (nSPS) is 10.5. The first-order valence-corrected chi connectivity index (χ1v) is 7.60. The Labute approximate surface area is 131 Å². The SMILES string of the molecule is CC(=O)Nc1ccccc1-c1csc(-c2ccccc2F)n1. The van der Waals surface area contributed by atoms with Gasteiger partial charge in [-0.05, 0) is 18.2 Å². The molecular weight excluding hydrogens is 299 g/mol. The first kappa shape index (κ1) is 14.4. The number of para-hydroxylation sites is 1. The van der Waals surface area contributed by atoms with Crippen molar-refractivity contribution in [2.45, 2.75) is 6.92 Å². The first-order valence-electron chi connectivity index (χ1n) is 6.72. The van der Waals surface area contributed by atoms with Crippen LogP contribution >= 0.6 is 11.3 Å². The molecule has 3 aromatic rings. The minimum atomic E-state index is -0.293. The number of hydrogen-bond acceptors (Lipinski definition) is 3. The van der Waals surface area contributed by atoms with Gasteiger partial charge in [0.15, 0.2) is 0 Å². The number of thiazole rings is 1. The lowest BCUT2D eigenvalue weighted by molar-refractivity contribution is -0.114. The van der Waals surface area contributed by atoms with Gasteiger partial charge in [0.2, 0.25) is 5.91 Å². The minimum Gasteiger partial charge on any atom is -0.326 e. The predicted octanol–water partition coefficient (Wildman–Crippen LogP) is 4.57. The van der Waals surface area contributed by atoms with Gasteiger partial charge >= 0.3 is 0 Å². The summed E-state index contributed by atoms with van der Waals surface area (Å²) in [6.45, 7) is 1.46. The first-order chi connectivity index (χ1) is 10.6. The summed E-state index contributed by atoms with van der Waals surface area (Å²) in [5, 5.41) is 5.26. The van der Waals surface area contributed by atoms with Gasteiger partial charge in [0.1, 0.15) is 10.8 Å². The predicted molar refractivity (Wildman–Crippen MR) is 87.2 cm³/mol. The Kier molecular flexibility index (Phi) is 3.98. The van der Waals surface area contributed by atoms with Crippen LogP contribution in [0.4, 0.5) is 10.1 Å². The maximum atomic E-state index is 13.8. The molecule has 2 aromatic carbocycles. The van der Waals surface area contributed by atoms with E-state index in [0.717, 1.165) is 5.56 Å². The smallest absolute Gasteiger partial charge is 0.221 e. The van der Waals surface area contributed by atoms with E-state index < -0.39 is 0 Å². The van der Waals surface area contributed by atoms with Crippen LogP contribution in [0.25, 0.3) is 21.8 Å². The van der Waals surface area contributed by atoms with Crippen LogP contribution in [-0.2, 0) is 4.79 Å². The standard InChI is InChI=1S/C17H13FN2OS/c1-11(21)19-15-9-5-3-7-13(15)16-10-22-17(20-16)12-6-2-4-8-14(12)18/h2-10H,1H3,(H,19,21). The van der Waals surface area contributed by atoms with E-state index in [1.807, 2.05) is 29.6 Å². The molecule has 22 heavy (non-hydrogen) atoms. The molecule has 0 fully saturated rings. The van der Waals surface area contributed by atoms with Crippen molar-refractivity contribution in [2.24, 2.45) is 0 Å². The van der Waals surface area contributed by atoms with Gasteiger partial charge < -0.3 is 5.32 Å². The second-order valence-corrected chi connectivity index (χ2v) is 5.60. The average Bonchev–Trinajstić information content (AvgIpc) is 2.97. The minimum absolute atomic E-state index is 0.142. The quantitative estimate of drug-likeness (QED) is 0.769. The highest BCUT2D eigenvalue weighted by atomic mass is 32.1. The molecule has 1 aromatic heterocycles. The number of nitrogens with zero attached hydrogens (tertiary/aromatic N) is 1. The van der Waals surface area contributed by atoms with Gasteiger partial charge in [0.25, 0.3) is 0 Å². The van der Waals surface area contributed by atoms with E-state index in [9.17, 15) is 9.18 Å². The maximum absolute atomic E-state index is 13.8. The molecule has 0 aliphatic heterocycles. The lowest BCUT2D eigenvalue weighted by Gasteiger charge is -2.07. The molecule has 0 bridgehead atoms. The van der Waals surface area contributed by atoms with Crippen molar-refractivity contribution in [3.05, 3.63) is 59.7 Å². The summed E-state index contributed by atoms with van der Waals surface area (Å²) in [5.74, 6) is -0.435. The van der Waals surface area contributed by atoms with Crippen molar-refractivity contribution >= 4 is 22.9 Å². The summed E-state index contributed by atoms with van der Waals surface area (Å²) in [4.78, 5) is 15.8. The van der Waals surface area contributed by atoms with E-state index in [1.54, 1.807) is 18.2 Å². The van der Waals surface area contributed by atoms with Gasteiger partial charge in [-0.2, -0.15) is 0 Å². The van der Waals surface area contributed by atoms with Gasteiger partial charge in [-0.1, -0.05) is 30.3 Å². The maximum Gasteiger partial charge on any atom is 0.221 e. The molecule has 1 heterocycles. The molecule has 1 N–H and O–H groups in total. The van der Waals surface area contributed by atoms with Crippen molar-refractivity contribution in [3.63, 3.8) is 0 Å². The van der Waals surface area contributed by atoms with E-state index >= 15 is 0 Å². The number of nitrogens with one attached hydrogen (secondary N) is 1. The number of anilines is 1. The fraction of sp³-hybridized carbons (Fsp3) is 0.0588. The zero-order chi connectivity index (χ0) is 15.5. The van der Waals surface area contributed by atoms with Gasteiger partial charge in [0, 0.05) is 23.4 Å². The highest BCUT2D eigenvalue weighted by molar-refractivity contribution is 7.13. The van der Waals surface area contributed by atoms with Crippen molar-refractivity contribution in [2.75, 3.05) is 5.32 Å². The van der Waals surface area contributed by atoms with Gasteiger partial charge in [-0.15, -0.1) is 11.3 Å². The fourth-order valence-corrected chi connectivity index (χ4v) is 3.01. The number of rotatable bonds is 3. The summed E-state index contributed by atoms with van der Waals surface area (Å²) in [5.41, 5.74) is 2.71. The number of benzene rings is 2. The Morgan fingerprint density at radius 1 is 1.09 bits per heavy atom. The van der Waals surface area contributed by atoms with Crippen LogP contribution in [0.15, 0.2) is 53.9 Å². The highest BCUT2D eigenvalue weighted by Gasteiger charge is 2.12. The number of amides is 1. The Morgan fingerprint density at radius 2 is 1.77 bits per heavy atom. The lowest BCUT2D eigenvalue weighted by atomic mass is 10.1. The lowest BCUT2D eigenvalue weighted by Crippen LogP contribution is -2.06. The van der Waals surface area contributed by atoms with Crippen molar-refractivity contribution in [1.29, 1.82) is 0 Å². The summed E-state index contributed by atoms with van der Waals surface area (Å²) in [6, 6.07) is 14.0. The van der Waals surface area contributed by atoms with Crippen LogP contribution in [0.1, 0.15) is 6.92 Å². The second-order valence-electron chi connectivity index (χ2n) is 4.74. The third kappa shape index (κ3) is 2.89. The molecule has 0 aliphatic rings. The molecule has 0 aliphatic carbocycles. The Bertz CT molecular complexity index is 829. The zero-order valence-corrected chi connectivity index (χ0v) is 12.7. The van der Waals surface area contributed by atoms with Gasteiger partial charge in [-0.3, -0.25) is 4.79 Å². The molecule has 0 spiro atoms. The van der Waals surface area contributed by atoms with Crippen molar-refractivity contribution in [1.82, 2.24) is 4.98 Å². The molecule has 5 heteroatoms. The fourth-order valence-electron chi connectivity index (χ4n) is 2.16. The van der Waals surface area contributed by atoms with E-state index in [-0.39, 0.29) is 11.7 Å². The van der Waals surface area contributed by atoms with Gasteiger partial charge in [0.05, 0.1) is 11.4 Å². The monoisotopic (exact) mass is 312 g/mol. The number of carbonyl (C=O) groups excluding carboxylic acids is 1. The van der Waals surface area contributed by atoms with E-state index in [0.29, 0.717) is 22.0 Å². The molecular formula is C17H13FN2OS. The van der Waals surface area contributed by atoms with Crippen molar-refractivity contribution < 1.29 is 9.18 Å². The molecule has 0 unspecified atom stereocenters. The van der Waals surface area contributed by atoms with Gasteiger partial charge in [-0.25, -0.2) is 9.37 Å². The van der Waals surface area contributed by atoms with Crippen LogP contribution in [0.2, 0.25) is 0 Å². The second kappa shape index (κ2) is 6.07. The Hall–Kier alpha value is -2.53. The molecule has 0 saturated carbocycles. The van der Waals surface area contributed by atoms with E-state index in [1.165, 1.54) is 24.3 Å². The zero-order valence-electron chi connectivity index (χ0n) is 11.8.